The number of hydrogen-bond acceptors (Lipinski definition) is 5. The maximum absolute atomic E-state index is 13.1. The van der Waals surface area contributed by atoms with Gasteiger partial charge in [-0.2, -0.15) is 0 Å². The molecule has 0 N–H and O–H groups in total. The van der Waals surface area contributed by atoms with E-state index in [1.54, 1.807) is 0 Å². The van der Waals surface area contributed by atoms with Crippen molar-refractivity contribution in [1.29, 1.82) is 0 Å². The molecule has 0 spiro atoms. The van der Waals surface area contributed by atoms with Crippen LogP contribution in [0, 0.1) is 13.8 Å². The lowest BCUT2D eigenvalue weighted by atomic mass is 10.1. The van der Waals surface area contributed by atoms with Crippen molar-refractivity contribution in [2.24, 2.45) is 0 Å². The van der Waals surface area contributed by atoms with Gasteiger partial charge in [0.1, 0.15) is 11.5 Å². The van der Waals surface area contributed by atoms with Crippen molar-refractivity contribution in [1.82, 2.24) is 15.1 Å². The van der Waals surface area contributed by atoms with E-state index >= 15 is 0 Å². The average Bonchev–Trinajstić information content (AvgIpc) is 3.41. The molecule has 0 atom stereocenters. The van der Waals surface area contributed by atoms with E-state index in [0.717, 1.165) is 29.1 Å². The van der Waals surface area contributed by atoms with Crippen LogP contribution in [0.25, 0.3) is 11.5 Å². The Balaban J connectivity index is 1.40. The Morgan fingerprint density at radius 1 is 0.875 bits per heavy atom. The minimum Gasteiger partial charge on any atom is -0.466 e. The number of amides is 1. The number of rotatable bonds is 9. The number of aromatic nitrogens is 2. The summed E-state index contributed by atoms with van der Waals surface area (Å²) >= 11 is 0. The fourth-order valence-corrected chi connectivity index (χ4v) is 3.68. The summed E-state index contributed by atoms with van der Waals surface area (Å²) in [7, 11) is 0. The largest absolute Gasteiger partial charge is 0.466 e. The number of hydrogen-bond donors (Lipinski definition) is 0. The van der Waals surface area contributed by atoms with Crippen LogP contribution in [-0.2, 0) is 24.2 Å². The molecule has 2 aromatic carbocycles. The molecule has 2 heterocycles. The van der Waals surface area contributed by atoms with Gasteiger partial charge < -0.3 is 13.7 Å². The van der Waals surface area contributed by atoms with Gasteiger partial charge in [-0.1, -0.05) is 60.7 Å². The second-order valence-corrected chi connectivity index (χ2v) is 7.86. The summed E-state index contributed by atoms with van der Waals surface area (Å²) in [6, 6.07) is 22.2. The third-order valence-electron chi connectivity index (χ3n) is 5.37. The first-order valence-electron chi connectivity index (χ1n) is 10.8. The van der Waals surface area contributed by atoms with Crippen molar-refractivity contribution >= 4 is 5.91 Å². The molecule has 6 nitrogen and oxygen atoms in total. The lowest BCUT2D eigenvalue weighted by molar-refractivity contribution is -0.131. The second kappa shape index (κ2) is 10.1. The maximum atomic E-state index is 13.1. The molecular weight excluding hydrogens is 402 g/mol. The van der Waals surface area contributed by atoms with Crippen LogP contribution < -0.4 is 0 Å². The zero-order valence-corrected chi connectivity index (χ0v) is 18.5. The van der Waals surface area contributed by atoms with E-state index in [-0.39, 0.29) is 5.91 Å². The van der Waals surface area contributed by atoms with Gasteiger partial charge >= 0.3 is 0 Å². The van der Waals surface area contributed by atoms with Crippen molar-refractivity contribution in [2.45, 2.75) is 39.7 Å². The van der Waals surface area contributed by atoms with Gasteiger partial charge in [-0.25, -0.2) is 0 Å². The standard InChI is InChI=1S/C26H27N3O3/c1-19-17-23(20(2)31-19)26-28-27-24(32-26)13-14-25(30)29(18-22-11-7-4-8-12-22)16-15-21-9-5-3-6-10-21/h3-12,17H,13-16,18H2,1-2H3. The number of carbonyl (C=O) groups is 1. The molecule has 0 aliphatic heterocycles. The Hall–Kier alpha value is -3.67. The normalized spacial score (nSPS) is 10.9. The molecule has 0 bridgehead atoms. The summed E-state index contributed by atoms with van der Waals surface area (Å²) in [6.45, 7) is 4.97. The first-order chi connectivity index (χ1) is 15.6. The summed E-state index contributed by atoms with van der Waals surface area (Å²) in [6.07, 6.45) is 1.52. The van der Waals surface area contributed by atoms with Gasteiger partial charge in [-0.3, -0.25) is 4.79 Å². The first kappa shape index (κ1) is 21.6. The van der Waals surface area contributed by atoms with Crippen LogP contribution in [0.1, 0.15) is 35.0 Å². The molecule has 0 aliphatic carbocycles. The number of nitrogens with zero attached hydrogens (tertiary/aromatic N) is 3. The third-order valence-corrected chi connectivity index (χ3v) is 5.37. The van der Waals surface area contributed by atoms with Crippen LogP contribution in [0.4, 0.5) is 0 Å². The Labute approximate surface area is 187 Å². The SMILES string of the molecule is Cc1cc(-c2nnc(CCC(=O)N(CCc3ccccc3)Cc3ccccc3)o2)c(C)o1. The van der Waals surface area contributed by atoms with Gasteiger partial charge in [-0.05, 0) is 37.5 Å². The quantitative estimate of drug-likeness (QED) is 0.368. The first-order valence-corrected chi connectivity index (χ1v) is 10.8. The van der Waals surface area contributed by atoms with Crippen LogP contribution in [0.5, 0.6) is 0 Å². The number of aryl methyl sites for hydroxylation is 3. The van der Waals surface area contributed by atoms with E-state index in [9.17, 15) is 4.79 Å². The van der Waals surface area contributed by atoms with Crippen molar-refractivity contribution in [3.8, 4) is 11.5 Å². The molecule has 0 saturated carbocycles. The zero-order valence-electron chi connectivity index (χ0n) is 18.5. The molecule has 32 heavy (non-hydrogen) atoms. The molecule has 0 fully saturated rings. The van der Waals surface area contributed by atoms with Gasteiger partial charge in [0.15, 0.2) is 0 Å². The molecule has 2 aromatic heterocycles. The summed E-state index contributed by atoms with van der Waals surface area (Å²) in [4.78, 5) is 15.0. The number of furan rings is 1. The Morgan fingerprint density at radius 3 is 2.22 bits per heavy atom. The van der Waals surface area contributed by atoms with Gasteiger partial charge in [0.05, 0.1) is 5.56 Å². The number of benzene rings is 2. The Bertz CT molecular complexity index is 1150. The highest BCUT2D eigenvalue weighted by Gasteiger charge is 2.18. The van der Waals surface area contributed by atoms with E-state index in [1.807, 2.05) is 73.3 Å². The molecular formula is C26H27N3O3. The molecule has 4 rings (SSSR count). The summed E-state index contributed by atoms with van der Waals surface area (Å²) in [5, 5.41) is 8.25. The lowest BCUT2D eigenvalue weighted by Crippen LogP contribution is -2.32. The molecule has 4 aromatic rings. The van der Waals surface area contributed by atoms with Gasteiger partial charge in [-0.15, -0.1) is 10.2 Å². The van der Waals surface area contributed by atoms with Crippen LogP contribution in [0.15, 0.2) is 75.6 Å². The highest BCUT2D eigenvalue weighted by atomic mass is 16.4. The van der Waals surface area contributed by atoms with Crippen LogP contribution >= 0.6 is 0 Å². The Morgan fingerprint density at radius 2 is 1.56 bits per heavy atom. The topological polar surface area (TPSA) is 72.4 Å². The minimum absolute atomic E-state index is 0.0693. The average molecular weight is 430 g/mol. The van der Waals surface area contributed by atoms with E-state index in [2.05, 4.69) is 22.3 Å². The van der Waals surface area contributed by atoms with E-state index in [0.29, 0.717) is 37.7 Å². The predicted molar refractivity (Wildman–Crippen MR) is 122 cm³/mol. The molecule has 6 heteroatoms. The smallest absolute Gasteiger partial charge is 0.251 e. The van der Waals surface area contributed by atoms with Crippen molar-refractivity contribution < 1.29 is 13.6 Å². The minimum atomic E-state index is 0.0693. The van der Waals surface area contributed by atoms with Crippen molar-refractivity contribution in [3.05, 3.63) is 95.3 Å². The van der Waals surface area contributed by atoms with Crippen LogP contribution in [0.2, 0.25) is 0 Å². The van der Waals surface area contributed by atoms with Crippen LogP contribution in [-0.4, -0.2) is 27.5 Å². The molecule has 0 aliphatic rings. The lowest BCUT2D eigenvalue weighted by Gasteiger charge is -2.23. The predicted octanol–water partition coefficient (Wildman–Crippen LogP) is 5.15. The monoisotopic (exact) mass is 429 g/mol. The molecule has 0 radical (unpaired) electrons. The fourth-order valence-electron chi connectivity index (χ4n) is 3.68. The summed E-state index contributed by atoms with van der Waals surface area (Å²) in [5.74, 6) is 2.48. The number of carbonyl (C=O) groups excluding carboxylic acids is 1. The molecule has 0 saturated heterocycles. The second-order valence-electron chi connectivity index (χ2n) is 7.86. The summed E-state index contributed by atoms with van der Waals surface area (Å²) in [5.41, 5.74) is 3.12. The van der Waals surface area contributed by atoms with E-state index in [1.165, 1.54) is 5.56 Å². The molecule has 1 amide bonds. The molecule has 164 valence electrons. The van der Waals surface area contributed by atoms with Gasteiger partial charge in [0.25, 0.3) is 5.89 Å². The van der Waals surface area contributed by atoms with E-state index in [4.69, 9.17) is 8.83 Å². The van der Waals surface area contributed by atoms with E-state index < -0.39 is 0 Å². The van der Waals surface area contributed by atoms with Crippen molar-refractivity contribution in [3.63, 3.8) is 0 Å². The zero-order chi connectivity index (χ0) is 22.3. The summed E-state index contributed by atoms with van der Waals surface area (Å²) < 4.78 is 11.3. The Kier molecular flexibility index (Phi) is 6.80. The highest BCUT2D eigenvalue weighted by Crippen LogP contribution is 2.25. The third kappa shape index (κ3) is 5.52. The van der Waals surface area contributed by atoms with Gasteiger partial charge in [0, 0.05) is 25.9 Å². The maximum Gasteiger partial charge on any atom is 0.251 e. The fraction of sp³-hybridized carbons (Fsp3) is 0.269. The van der Waals surface area contributed by atoms with Crippen LogP contribution in [0.3, 0.4) is 0 Å². The molecule has 0 unspecified atom stereocenters. The van der Waals surface area contributed by atoms with Crippen molar-refractivity contribution in [2.75, 3.05) is 6.54 Å². The highest BCUT2D eigenvalue weighted by molar-refractivity contribution is 5.76. The van der Waals surface area contributed by atoms with Gasteiger partial charge in [0.2, 0.25) is 11.8 Å².